The maximum absolute atomic E-state index is 11.7. The number of nitrogens with zero attached hydrogens (tertiary/aromatic N) is 1. The largest absolute Gasteiger partial charge is 0.336 e. The lowest BCUT2D eigenvalue weighted by Gasteiger charge is -2.34. The first-order chi connectivity index (χ1) is 8.04. The minimum atomic E-state index is -0.438. The maximum Gasteiger partial charge on any atom is 0.321 e. The Morgan fingerprint density at radius 2 is 1.67 bits per heavy atom. The minimum Gasteiger partial charge on any atom is -0.336 e. The Kier molecular flexibility index (Phi) is 6.32. The lowest BCUT2D eigenvalue weighted by molar-refractivity contribution is -0.121. The zero-order chi connectivity index (χ0) is 14.5. The van der Waals surface area contributed by atoms with Crippen molar-refractivity contribution in [2.75, 3.05) is 13.6 Å². The van der Waals surface area contributed by atoms with Gasteiger partial charge in [0, 0.05) is 12.1 Å². The summed E-state index contributed by atoms with van der Waals surface area (Å²) in [5.41, 5.74) is 0.0925. The molecule has 1 atom stereocenters. The summed E-state index contributed by atoms with van der Waals surface area (Å²) < 4.78 is 0. The molecule has 0 aromatic rings. The Morgan fingerprint density at radius 1 is 1.17 bits per heavy atom. The maximum atomic E-state index is 11.7. The van der Waals surface area contributed by atoms with Crippen LogP contribution in [0.2, 0.25) is 0 Å². The number of hydrogen-bond donors (Lipinski definition) is 2. The van der Waals surface area contributed by atoms with Crippen molar-refractivity contribution in [1.29, 1.82) is 0 Å². The van der Waals surface area contributed by atoms with Crippen LogP contribution < -0.4 is 10.6 Å². The van der Waals surface area contributed by atoms with Crippen molar-refractivity contribution in [2.45, 2.75) is 53.6 Å². The number of imide groups is 1. The molecule has 0 aromatic heterocycles. The first-order valence-electron chi connectivity index (χ1n) is 6.34. The van der Waals surface area contributed by atoms with E-state index in [1.165, 1.54) is 0 Å². The van der Waals surface area contributed by atoms with Gasteiger partial charge in [-0.1, -0.05) is 20.8 Å². The molecule has 18 heavy (non-hydrogen) atoms. The second kappa shape index (κ2) is 6.73. The van der Waals surface area contributed by atoms with Gasteiger partial charge in [0.05, 0.1) is 6.54 Å². The number of rotatable bonds is 4. The van der Waals surface area contributed by atoms with Crippen molar-refractivity contribution in [1.82, 2.24) is 15.5 Å². The number of nitrogens with one attached hydrogen (secondary N) is 2. The fraction of sp³-hybridized carbons (Fsp3) is 0.846. The predicted octanol–water partition coefficient (Wildman–Crippen LogP) is 1.59. The normalized spacial score (nSPS) is 13.6. The average molecular weight is 257 g/mol. The Balaban J connectivity index is 4.21. The second-order valence-corrected chi connectivity index (χ2v) is 6.13. The van der Waals surface area contributed by atoms with Gasteiger partial charge in [0.15, 0.2) is 0 Å². The van der Waals surface area contributed by atoms with Crippen molar-refractivity contribution < 1.29 is 9.59 Å². The fourth-order valence-electron chi connectivity index (χ4n) is 1.49. The highest BCUT2D eigenvalue weighted by atomic mass is 16.2. The van der Waals surface area contributed by atoms with Gasteiger partial charge in [-0.25, -0.2) is 4.79 Å². The van der Waals surface area contributed by atoms with Gasteiger partial charge in [-0.05, 0) is 33.2 Å². The molecular formula is C13H27N3O2. The zero-order valence-electron chi connectivity index (χ0n) is 12.6. The minimum absolute atomic E-state index is 0.0176. The van der Waals surface area contributed by atoms with E-state index in [2.05, 4.69) is 38.3 Å². The Labute approximate surface area is 110 Å². The van der Waals surface area contributed by atoms with E-state index in [4.69, 9.17) is 0 Å². The molecule has 0 aromatic carbocycles. The van der Waals surface area contributed by atoms with Gasteiger partial charge in [-0.3, -0.25) is 15.0 Å². The first kappa shape index (κ1) is 16.9. The van der Waals surface area contributed by atoms with Gasteiger partial charge < -0.3 is 5.32 Å². The molecule has 106 valence electrons. The topological polar surface area (TPSA) is 61.4 Å². The number of carbonyl (C=O) groups excluding carboxylic acids is 2. The van der Waals surface area contributed by atoms with Crippen LogP contribution in [0, 0.1) is 5.41 Å². The quantitative estimate of drug-likeness (QED) is 0.804. The molecule has 0 bridgehead atoms. The standard InChI is InChI=1S/C13H27N3O2/c1-9(2)14-12(18)15-11(17)8-16(7)10(3)13(4,5)6/h9-10H,8H2,1-7H3,(H2,14,15,17,18). The van der Waals surface area contributed by atoms with Crippen LogP contribution in [0.3, 0.4) is 0 Å². The van der Waals surface area contributed by atoms with E-state index in [-0.39, 0.29) is 30.0 Å². The van der Waals surface area contributed by atoms with E-state index >= 15 is 0 Å². The van der Waals surface area contributed by atoms with Gasteiger partial charge >= 0.3 is 6.03 Å². The number of amides is 3. The van der Waals surface area contributed by atoms with Crippen LogP contribution >= 0.6 is 0 Å². The highest BCUT2D eigenvalue weighted by molar-refractivity contribution is 5.95. The molecule has 0 saturated carbocycles. The van der Waals surface area contributed by atoms with Gasteiger partial charge in [-0.2, -0.15) is 0 Å². The van der Waals surface area contributed by atoms with E-state index in [1.807, 2.05) is 25.8 Å². The molecule has 0 aliphatic rings. The van der Waals surface area contributed by atoms with Crippen LogP contribution in [0.15, 0.2) is 0 Å². The number of hydrogen-bond acceptors (Lipinski definition) is 3. The van der Waals surface area contributed by atoms with E-state index in [0.29, 0.717) is 0 Å². The molecule has 0 radical (unpaired) electrons. The molecule has 3 amide bonds. The Bertz CT molecular complexity index is 295. The first-order valence-corrected chi connectivity index (χ1v) is 6.34. The lowest BCUT2D eigenvalue weighted by Crippen LogP contribution is -2.48. The summed E-state index contributed by atoms with van der Waals surface area (Å²) in [5, 5.41) is 4.93. The molecule has 0 fully saturated rings. The molecule has 0 saturated heterocycles. The van der Waals surface area contributed by atoms with E-state index in [1.54, 1.807) is 0 Å². The smallest absolute Gasteiger partial charge is 0.321 e. The fourth-order valence-corrected chi connectivity index (χ4v) is 1.49. The SMILES string of the molecule is CC(C)NC(=O)NC(=O)CN(C)C(C)C(C)(C)C. The van der Waals surface area contributed by atoms with Gasteiger partial charge in [0.25, 0.3) is 0 Å². The van der Waals surface area contributed by atoms with Crippen LogP contribution in [0.5, 0.6) is 0 Å². The molecular weight excluding hydrogens is 230 g/mol. The second-order valence-electron chi connectivity index (χ2n) is 6.13. The summed E-state index contributed by atoms with van der Waals surface area (Å²) in [6.07, 6.45) is 0. The van der Waals surface area contributed by atoms with Crippen molar-refractivity contribution in [2.24, 2.45) is 5.41 Å². The molecule has 0 heterocycles. The van der Waals surface area contributed by atoms with Crippen LogP contribution in [0.1, 0.15) is 41.5 Å². The third kappa shape index (κ3) is 6.59. The van der Waals surface area contributed by atoms with Gasteiger partial charge in [0.1, 0.15) is 0 Å². The van der Waals surface area contributed by atoms with Gasteiger partial charge in [-0.15, -0.1) is 0 Å². The zero-order valence-corrected chi connectivity index (χ0v) is 12.6. The molecule has 0 aliphatic carbocycles. The Morgan fingerprint density at radius 3 is 2.06 bits per heavy atom. The van der Waals surface area contributed by atoms with E-state index < -0.39 is 6.03 Å². The molecule has 2 N–H and O–H groups in total. The summed E-state index contributed by atoms with van der Waals surface area (Å²) >= 11 is 0. The van der Waals surface area contributed by atoms with Crippen molar-refractivity contribution in [3.63, 3.8) is 0 Å². The highest BCUT2D eigenvalue weighted by Gasteiger charge is 2.25. The van der Waals surface area contributed by atoms with Crippen LogP contribution in [-0.2, 0) is 4.79 Å². The van der Waals surface area contributed by atoms with Crippen molar-refractivity contribution >= 4 is 11.9 Å². The molecule has 0 spiro atoms. The number of carbonyl (C=O) groups is 2. The summed E-state index contributed by atoms with van der Waals surface area (Å²) in [7, 11) is 1.88. The molecule has 0 rings (SSSR count). The molecule has 0 aliphatic heterocycles. The number of likely N-dealkylation sites (N-methyl/N-ethyl adjacent to an activating group) is 1. The highest BCUT2D eigenvalue weighted by Crippen LogP contribution is 2.22. The van der Waals surface area contributed by atoms with Crippen molar-refractivity contribution in [3.05, 3.63) is 0 Å². The average Bonchev–Trinajstić information content (AvgIpc) is 2.12. The predicted molar refractivity (Wildman–Crippen MR) is 73.4 cm³/mol. The molecule has 1 unspecified atom stereocenters. The van der Waals surface area contributed by atoms with Crippen molar-refractivity contribution in [3.8, 4) is 0 Å². The van der Waals surface area contributed by atoms with Crippen LogP contribution in [0.25, 0.3) is 0 Å². The van der Waals surface area contributed by atoms with Crippen LogP contribution in [-0.4, -0.2) is 42.5 Å². The summed E-state index contributed by atoms with van der Waals surface area (Å²) in [5.74, 6) is -0.285. The van der Waals surface area contributed by atoms with Crippen LogP contribution in [0.4, 0.5) is 4.79 Å². The lowest BCUT2D eigenvalue weighted by atomic mass is 9.87. The van der Waals surface area contributed by atoms with E-state index in [0.717, 1.165) is 0 Å². The monoisotopic (exact) mass is 257 g/mol. The van der Waals surface area contributed by atoms with E-state index in [9.17, 15) is 9.59 Å². The summed E-state index contributed by atoms with van der Waals surface area (Å²) in [4.78, 5) is 25.0. The Hall–Kier alpha value is -1.10. The third-order valence-electron chi connectivity index (χ3n) is 2.98. The third-order valence-corrected chi connectivity index (χ3v) is 2.98. The van der Waals surface area contributed by atoms with Gasteiger partial charge in [0.2, 0.25) is 5.91 Å². The summed E-state index contributed by atoms with van der Waals surface area (Å²) in [6.45, 7) is 12.3. The molecule has 5 heteroatoms. The summed E-state index contributed by atoms with van der Waals surface area (Å²) in [6, 6.07) is -0.174. The molecule has 5 nitrogen and oxygen atoms in total. The number of urea groups is 1.